The molecule has 0 amide bonds. The molecule has 1 heterocycles. The van der Waals surface area contributed by atoms with Gasteiger partial charge in [0.05, 0.1) is 23.0 Å². The minimum Gasteiger partial charge on any atom is -0.478 e. The second-order valence-electron chi connectivity index (χ2n) is 5.26. The summed E-state index contributed by atoms with van der Waals surface area (Å²) in [4.78, 5) is 12.8. The van der Waals surface area contributed by atoms with Crippen LogP contribution in [-0.4, -0.2) is 35.4 Å². The van der Waals surface area contributed by atoms with E-state index in [4.69, 9.17) is 10.8 Å². The zero-order valence-corrected chi connectivity index (χ0v) is 11.3. The molecule has 0 aliphatic carbocycles. The Bertz CT molecular complexity index is 511. The Morgan fingerprint density at radius 1 is 1.45 bits per heavy atom. The number of halogens is 1. The molecule has 1 aromatic carbocycles. The van der Waals surface area contributed by atoms with Crippen molar-refractivity contribution >= 4 is 17.3 Å². The highest BCUT2D eigenvalue weighted by molar-refractivity contribution is 5.91. The van der Waals surface area contributed by atoms with Gasteiger partial charge < -0.3 is 20.8 Å². The van der Waals surface area contributed by atoms with E-state index in [0.29, 0.717) is 18.8 Å². The minimum absolute atomic E-state index is 0.246. The molecule has 4 N–H and O–H groups in total. The molecule has 0 aromatic heterocycles. The molecular formula is C14H19FN2O3. The van der Waals surface area contributed by atoms with Crippen molar-refractivity contribution in [3.8, 4) is 0 Å². The van der Waals surface area contributed by atoms with Crippen molar-refractivity contribution in [3.05, 3.63) is 23.5 Å². The molecule has 1 atom stereocenters. The summed E-state index contributed by atoms with van der Waals surface area (Å²) in [5, 5.41) is 18.4. The van der Waals surface area contributed by atoms with E-state index >= 15 is 0 Å². The maximum absolute atomic E-state index is 13.7. The number of nitrogen functional groups attached to an aromatic ring is 1. The van der Waals surface area contributed by atoms with Crippen LogP contribution < -0.4 is 10.6 Å². The van der Waals surface area contributed by atoms with Crippen LogP contribution in [-0.2, 0) is 0 Å². The first-order valence-electron chi connectivity index (χ1n) is 6.65. The molecule has 20 heavy (non-hydrogen) atoms. The number of nitrogens with two attached hydrogens (primary N) is 1. The average molecular weight is 282 g/mol. The van der Waals surface area contributed by atoms with E-state index in [0.717, 1.165) is 18.9 Å². The number of rotatable bonds is 3. The zero-order valence-electron chi connectivity index (χ0n) is 11.3. The Morgan fingerprint density at radius 2 is 2.05 bits per heavy atom. The van der Waals surface area contributed by atoms with Crippen LogP contribution in [0.5, 0.6) is 0 Å². The van der Waals surface area contributed by atoms with Crippen LogP contribution in [0, 0.1) is 11.7 Å². The van der Waals surface area contributed by atoms with Crippen molar-refractivity contribution < 1.29 is 19.4 Å². The lowest BCUT2D eigenvalue weighted by molar-refractivity contribution is 0.0692. The summed E-state index contributed by atoms with van der Waals surface area (Å²) in [6, 6.07) is 2.34. The first kappa shape index (κ1) is 14.6. The third kappa shape index (κ3) is 2.85. The minimum atomic E-state index is -1.33. The first-order chi connectivity index (χ1) is 9.40. The van der Waals surface area contributed by atoms with Gasteiger partial charge >= 0.3 is 5.97 Å². The summed E-state index contributed by atoms with van der Waals surface area (Å²) < 4.78 is 13.7. The maximum Gasteiger partial charge on any atom is 0.338 e. The van der Waals surface area contributed by atoms with Gasteiger partial charge in [-0.2, -0.15) is 0 Å². The Balaban J connectivity index is 2.18. The largest absolute Gasteiger partial charge is 0.478 e. The van der Waals surface area contributed by atoms with Gasteiger partial charge in [0, 0.05) is 19.2 Å². The van der Waals surface area contributed by atoms with Crippen LogP contribution in [0.15, 0.2) is 12.1 Å². The Hall–Kier alpha value is -1.82. The van der Waals surface area contributed by atoms with Crippen LogP contribution in [0.3, 0.4) is 0 Å². The van der Waals surface area contributed by atoms with Gasteiger partial charge in [0.25, 0.3) is 0 Å². The molecule has 0 bridgehead atoms. The van der Waals surface area contributed by atoms with Gasteiger partial charge in [0.15, 0.2) is 0 Å². The first-order valence-corrected chi connectivity index (χ1v) is 6.65. The molecule has 0 spiro atoms. The van der Waals surface area contributed by atoms with Gasteiger partial charge in [-0.15, -0.1) is 0 Å². The van der Waals surface area contributed by atoms with Crippen LogP contribution in [0.4, 0.5) is 15.8 Å². The number of nitrogens with zero attached hydrogens (tertiary/aromatic N) is 1. The number of anilines is 2. The van der Waals surface area contributed by atoms with Crippen LogP contribution >= 0.6 is 0 Å². The lowest BCUT2D eigenvalue weighted by atomic mass is 9.92. The third-order valence-corrected chi connectivity index (χ3v) is 3.91. The van der Waals surface area contributed by atoms with E-state index in [9.17, 15) is 14.3 Å². The number of aliphatic hydroxyl groups excluding tert-OH is 1. The number of piperidine rings is 1. The number of hydrogen-bond donors (Lipinski definition) is 3. The number of aliphatic hydroxyl groups is 1. The SMILES string of the molecule is CC(O)C1CCN(c2cc(F)c(C(=O)O)cc2N)CC1. The molecule has 1 saturated heterocycles. The van der Waals surface area contributed by atoms with E-state index in [-0.39, 0.29) is 17.7 Å². The third-order valence-electron chi connectivity index (χ3n) is 3.91. The second-order valence-corrected chi connectivity index (χ2v) is 5.26. The highest BCUT2D eigenvalue weighted by Crippen LogP contribution is 2.31. The van der Waals surface area contributed by atoms with Crippen molar-refractivity contribution in [2.24, 2.45) is 5.92 Å². The van der Waals surface area contributed by atoms with Crippen LogP contribution in [0.2, 0.25) is 0 Å². The number of carboxylic acid groups (broad SMARTS) is 1. The molecule has 110 valence electrons. The lowest BCUT2D eigenvalue weighted by Gasteiger charge is -2.35. The fraction of sp³-hybridized carbons (Fsp3) is 0.500. The predicted octanol–water partition coefficient (Wildman–Crippen LogP) is 1.70. The fourth-order valence-corrected chi connectivity index (χ4v) is 2.64. The van der Waals surface area contributed by atoms with Gasteiger partial charge in [-0.1, -0.05) is 0 Å². The number of carbonyl (C=O) groups is 1. The Kier molecular flexibility index (Phi) is 4.13. The number of aromatic carboxylic acids is 1. The molecule has 2 rings (SSSR count). The van der Waals surface area contributed by atoms with E-state index in [1.54, 1.807) is 6.92 Å². The van der Waals surface area contributed by atoms with E-state index in [1.165, 1.54) is 6.07 Å². The summed E-state index contributed by atoms with van der Waals surface area (Å²) in [5.41, 5.74) is 6.21. The summed E-state index contributed by atoms with van der Waals surface area (Å²) in [5.74, 6) is -1.86. The summed E-state index contributed by atoms with van der Waals surface area (Å²) in [7, 11) is 0. The number of benzene rings is 1. The van der Waals surface area contributed by atoms with Crippen molar-refractivity contribution in [3.63, 3.8) is 0 Å². The van der Waals surface area contributed by atoms with Crippen molar-refractivity contribution in [1.82, 2.24) is 0 Å². The summed E-state index contributed by atoms with van der Waals surface area (Å²) in [6.07, 6.45) is 1.26. The normalized spacial score (nSPS) is 18.1. The van der Waals surface area contributed by atoms with Gasteiger partial charge in [-0.05, 0) is 31.7 Å². The van der Waals surface area contributed by atoms with Crippen molar-refractivity contribution in [1.29, 1.82) is 0 Å². The Labute approximate surface area is 116 Å². The molecule has 0 radical (unpaired) electrons. The molecule has 5 nitrogen and oxygen atoms in total. The van der Waals surface area contributed by atoms with Gasteiger partial charge in [0.2, 0.25) is 0 Å². The van der Waals surface area contributed by atoms with Crippen molar-refractivity contribution in [2.45, 2.75) is 25.9 Å². The topological polar surface area (TPSA) is 86.8 Å². The standard InChI is InChI=1S/C14H19FN2O3/c1-8(18)9-2-4-17(5-3-9)13-7-11(15)10(14(19)20)6-12(13)16/h6-9,18H,2-5,16H2,1H3,(H,19,20). The van der Waals surface area contributed by atoms with E-state index < -0.39 is 17.3 Å². The molecule has 1 aliphatic rings. The highest BCUT2D eigenvalue weighted by atomic mass is 19.1. The zero-order chi connectivity index (χ0) is 14.9. The Morgan fingerprint density at radius 3 is 2.55 bits per heavy atom. The van der Waals surface area contributed by atoms with E-state index in [1.807, 2.05) is 4.90 Å². The monoisotopic (exact) mass is 282 g/mol. The number of carboxylic acids is 1. The van der Waals surface area contributed by atoms with Crippen LogP contribution in [0.1, 0.15) is 30.1 Å². The lowest BCUT2D eigenvalue weighted by Crippen LogP contribution is -2.37. The quantitative estimate of drug-likeness (QED) is 0.735. The van der Waals surface area contributed by atoms with Gasteiger partial charge in [0.1, 0.15) is 5.82 Å². The van der Waals surface area contributed by atoms with Crippen LogP contribution in [0.25, 0.3) is 0 Å². The predicted molar refractivity (Wildman–Crippen MR) is 74.4 cm³/mol. The molecule has 1 aliphatic heterocycles. The van der Waals surface area contributed by atoms with E-state index in [2.05, 4.69) is 0 Å². The second kappa shape index (κ2) is 5.66. The van der Waals surface area contributed by atoms with Gasteiger partial charge in [-0.3, -0.25) is 0 Å². The molecular weight excluding hydrogens is 263 g/mol. The summed E-state index contributed by atoms with van der Waals surface area (Å²) >= 11 is 0. The van der Waals surface area contributed by atoms with Crippen molar-refractivity contribution in [2.75, 3.05) is 23.7 Å². The number of hydrogen-bond acceptors (Lipinski definition) is 4. The molecule has 1 unspecified atom stereocenters. The summed E-state index contributed by atoms with van der Waals surface area (Å²) in [6.45, 7) is 3.12. The smallest absolute Gasteiger partial charge is 0.338 e. The molecule has 0 saturated carbocycles. The molecule has 6 heteroatoms. The molecule has 1 aromatic rings. The highest BCUT2D eigenvalue weighted by Gasteiger charge is 2.25. The molecule has 1 fully saturated rings. The maximum atomic E-state index is 13.7. The fourth-order valence-electron chi connectivity index (χ4n) is 2.64. The van der Waals surface area contributed by atoms with Gasteiger partial charge in [-0.25, -0.2) is 9.18 Å². The average Bonchev–Trinajstić information content (AvgIpc) is 2.40.